The van der Waals surface area contributed by atoms with Crippen molar-refractivity contribution in [2.75, 3.05) is 37.6 Å². The first kappa shape index (κ1) is 21.2. The number of anilines is 1. The molecule has 2 aromatic rings. The molecular weight excluding hydrogens is 392 g/mol. The van der Waals surface area contributed by atoms with Gasteiger partial charge in [0.1, 0.15) is 23.5 Å². The van der Waals surface area contributed by atoms with Gasteiger partial charge in [-0.05, 0) is 30.7 Å². The zero-order chi connectivity index (χ0) is 21.5. The third-order valence-electron chi connectivity index (χ3n) is 4.87. The molecule has 30 heavy (non-hydrogen) atoms. The van der Waals surface area contributed by atoms with Crippen molar-refractivity contribution in [3.63, 3.8) is 0 Å². The molecule has 0 bridgehead atoms. The molecule has 1 aliphatic heterocycles. The predicted octanol–water partition coefficient (Wildman–Crippen LogP) is 2.09. The van der Waals surface area contributed by atoms with E-state index in [4.69, 9.17) is 0 Å². The molecule has 7 nitrogen and oxygen atoms in total. The summed E-state index contributed by atoms with van der Waals surface area (Å²) in [5, 5.41) is 11.7. The molecule has 3 rings (SSSR count). The Balaban J connectivity index is 1.41. The molecule has 0 saturated carbocycles. The van der Waals surface area contributed by atoms with E-state index < -0.39 is 17.5 Å². The molecule has 1 aromatic heterocycles. The number of nitriles is 1. The van der Waals surface area contributed by atoms with Crippen molar-refractivity contribution in [2.24, 2.45) is 0 Å². The molecule has 0 atom stereocenters. The van der Waals surface area contributed by atoms with Crippen LogP contribution in [0.1, 0.15) is 28.8 Å². The van der Waals surface area contributed by atoms with Crippen molar-refractivity contribution >= 4 is 17.6 Å². The first-order valence-electron chi connectivity index (χ1n) is 9.60. The molecule has 0 spiro atoms. The first-order valence-corrected chi connectivity index (χ1v) is 9.60. The van der Waals surface area contributed by atoms with E-state index in [1.165, 1.54) is 0 Å². The topological polar surface area (TPSA) is 89.3 Å². The van der Waals surface area contributed by atoms with Gasteiger partial charge in [-0.3, -0.25) is 9.59 Å². The van der Waals surface area contributed by atoms with E-state index in [-0.39, 0.29) is 24.4 Å². The van der Waals surface area contributed by atoms with Crippen molar-refractivity contribution in [2.45, 2.75) is 12.8 Å². The lowest BCUT2D eigenvalue weighted by Gasteiger charge is -2.35. The fourth-order valence-corrected chi connectivity index (χ4v) is 3.27. The lowest BCUT2D eigenvalue weighted by Crippen LogP contribution is -2.49. The molecule has 1 aliphatic rings. The molecule has 0 unspecified atom stereocenters. The van der Waals surface area contributed by atoms with Crippen LogP contribution in [-0.2, 0) is 4.79 Å². The molecule has 1 aromatic carbocycles. The van der Waals surface area contributed by atoms with Gasteiger partial charge in [-0.1, -0.05) is 0 Å². The first-order chi connectivity index (χ1) is 14.5. The number of rotatable bonds is 6. The van der Waals surface area contributed by atoms with Crippen molar-refractivity contribution in [3.05, 3.63) is 59.3 Å². The van der Waals surface area contributed by atoms with Crippen LogP contribution in [0.2, 0.25) is 0 Å². The lowest BCUT2D eigenvalue weighted by atomic mass is 10.2. The van der Waals surface area contributed by atoms with Crippen molar-refractivity contribution < 1.29 is 18.4 Å². The van der Waals surface area contributed by atoms with Crippen LogP contribution in [-0.4, -0.2) is 54.4 Å². The van der Waals surface area contributed by atoms with Crippen LogP contribution in [0.4, 0.5) is 14.6 Å². The van der Waals surface area contributed by atoms with Crippen LogP contribution in [0.3, 0.4) is 0 Å². The monoisotopic (exact) mass is 413 g/mol. The van der Waals surface area contributed by atoms with E-state index in [0.717, 1.165) is 12.1 Å². The van der Waals surface area contributed by atoms with Gasteiger partial charge in [0.05, 0.1) is 11.1 Å². The Morgan fingerprint density at radius 3 is 2.63 bits per heavy atom. The van der Waals surface area contributed by atoms with Crippen LogP contribution in [0.15, 0.2) is 36.5 Å². The van der Waals surface area contributed by atoms with E-state index in [9.17, 15) is 23.6 Å². The van der Waals surface area contributed by atoms with Crippen LogP contribution in [0.5, 0.6) is 0 Å². The second-order valence-corrected chi connectivity index (χ2v) is 6.84. The number of nitrogens with one attached hydrogen (secondary N) is 1. The van der Waals surface area contributed by atoms with Crippen molar-refractivity contribution in [3.8, 4) is 6.07 Å². The number of piperazine rings is 1. The third-order valence-corrected chi connectivity index (χ3v) is 4.87. The molecule has 9 heteroatoms. The maximum Gasteiger partial charge on any atom is 0.254 e. The van der Waals surface area contributed by atoms with Crippen molar-refractivity contribution in [1.29, 1.82) is 5.26 Å². The zero-order valence-corrected chi connectivity index (χ0v) is 16.3. The molecule has 2 amide bonds. The fraction of sp³-hybridized carbons (Fsp3) is 0.333. The Hall–Kier alpha value is -3.54. The largest absolute Gasteiger partial charge is 0.352 e. The van der Waals surface area contributed by atoms with Gasteiger partial charge in [0.2, 0.25) is 5.91 Å². The number of amides is 2. The zero-order valence-electron chi connectivity index (χ0n) is 16.3. The molecule has 1 saturated heterocycles. The summed E-state index contributed by atoms with van der Waals surface area (Å²) in [4.78, 5) is 32.3. The minimum Gasteiger partial charge on any atom is -0.352 e. The van der Waals surface area contributed by atoms with Gasteiger partial charge >= 0.3 is 0 Å². The van der Waals surface area contributed by atoms with Crippen LogP contribution in [0, 0.1) is 23.0 Å². The van der Waals surface area contributed by atoms with Crippen LogP contribution < -0.4 is 10.2 Å². The average molecular weight is 413 g/mol. The number of aromatic nitrogens is 1. The smallest absolute Gasteiger partial charge is 0.254 e. The van der Waals surface area contributed by atoms with E-state index in [1.807, 2.05) is 4.90 Å². The van der Waals surface area contributed by atoms with Gasteiger partial charge in [0, 0.05) is 51.4 Å². The Bertz CT molecular complexity index is 968. The van der Waals surface area contributed by atoms with Gasteiger partial charge in [-0.2, -0.15) is 5.26 Å². The normalized spacial score (nSPS) is 13.6. The second kappa shape index (κ2) is 9.78. The number of halogens is 2. The number of pyridine rings is 1. The highest BCUT2D eigenvalue weighted by Crippen LogP contribution is 2.18. The molecule has 2 heterocycles. The minimum atomic E-state index is -0.922. The summed E-state index contributed by atoms with van der Waals surface area (Å²) in [6.45, 7) is 2.41. The maximum atomic E-state index is 13.6. The number of hydrogen-bond donors (Lipinski definition) is 1. The molecule has 156 valence electrons. The lowest BCUT2D eigenvalue weighted by molar-refractivity contribution is -0.131. The molecular formula is C21H21F2N5O2. The van der Waals surface area contributed by atoms with Crippen molar-refractivity contribution in [1.82, 2.24) is 15.2 Å². The number of hydrogen-bond acceptors (Lipinski definition) is 5. The van der Waals surface area contributed by atoms with Crippen LogP contribution in [0.25, 0.3) is 0 Å². The summed E-state index contributed by atoms with van der Waals surface area (Å²) in [7, 11) is 0. The summed E-state index contributed by atoms with van der Waals surface area (Å²) < 4.78 is 26.5. The highest BCUT2D eigenvalue weighted by molar-refractivity contribution is 5.94. The number of nitrogens with zero attached hydrogens (tertiary/aromatic N) is 4. The van der Waals surface area contributed by atoms with E-state index in [2.05, 4.69) is 16.4 Å². The summed E-state index contributed by atoms with van der Waals surface area (Å²) in [5.74, 6) is -1.71. The molecule has 1 fully saturated rings. The number of carbonyl (C=O) groups excluding carboxylic acids is 2. The van der Waals surface area contributed by atoms with E-state index in [1.54, 1.807) is 23.2 Å². The van der Waals surface area contributed by atoms with Gasteiger partial charge in [-0.25, -0.2) is 13.8 Å². The highest BCUT2D eigenvalue weighted by Gasteiger charge is 2.23. The Kier molecular flexibility index (Phi) is 6.91. The molecule has 0 aliphatic carbocycles. The summed E-state index contributed by atoms with van der Waals surface area (Å²) in [5.41, 5.74) is 0.274. The minimum absolute atomic E-state index is 0.0293. The number of benzene rings is 1. The van der Waals surface area contributed by atoms with Gasteiger partial charge in [0.25, 0.3) is 5.91 Å². The SMILES string of the molecule is N#Cc1cccnc1N1CCN(C(=O)CCCNC(=O)c2ccc(F)cc2F)CC1. The highest BCUT2D eigenvalue weighted by atomic mass is 19.1. The Morgan fingerprint density at radius 1 is 1.17 bits per heavy atom. The standard InChI is InChI=1S/C21H21F2N5O2/c22-16-5-6-17(18(23)13-16)21(30)26-8-2-4-19(29)27-9-11-28(12-10-27)20-15(14-24)3-1-7-25-20/h1,3,5-7,13H,2,4,8-12H2,(H,26,30). The fourth-order valence-electron chi connectivity index (χ4n) is 3.27. The van der Waals surface area contributed by atoms with Gasteiger partial charge in [-0.15, -0.1) is 0 Å². The second-order valence-electron chi connectivity index (χ2n) is 6.84. The summed E-state index contributed by atoms with van der Waals surface area (Å²) in [6, 6.07) is 8.32. The van der Waals surface area contributed by atoms with E-state index >= 15 is 0 Å². The third kappa shape index (κ3) is 5.08. The van der Waals surface area contributed by atoms with Crippen LogP contribution >= 0.6 is 0 Å². The van der Waals surface area contributed by atoms with E-state index in [0.29, 0.717) is 50.0 Å². The van der Waals surface area contributed by atoms with Gasteiger partial charge < -0.3 is 15.1 Å². The summed E-state index contributed by atoms with van der Waals surface area (Å²) >= 11 is 0. The average Bonchev–Trinajstić information content (AvgIpc) is 2.76. The molecule has 0 radical (unpaired) electrons. The summed E-state index contributed by atoms with van der Waals surface area (Å²) in [6.07, 6.45) is 2.30. The Labute approximate surface area is 172 Å². The Morgan fingerprint density at radius 2 is 1.93 bits per heavy atom. The quantitative estimate of drug-likeness (QED) is 0.733. The molecule has 1 N–H and O–H groups in total. The van der Waals surface area contributed by atoms with Gasteiger partial charge in [0.15, 0.2) is 0 Å². The number of carbonyl (C=O) groups is 2. The predicted molar refractivity (Wildman–Crippen MR) is 106 cm³/mol. The maximum absolute atomic E-state index is 13.6.